The molecule has 1 saturated heterocycles. The van der Waals surface area contributed by atoms with Crippen LogP contribution in [0.15, 0.2) is 18.2 Å². The van der Waals surface area contributed by atoms with Crippen LogP contribution in [0, 0.1) is 5.92 Å². The van der Waals surface area contributed by atoms with E-state index in [-0.39, 0.29) is 17.7 Å². The minimum Gasteiger partial charge on any atom is -0.496 e. The van der Waals surface area contributed by atoms with Gasteiger partial charge in [-0.05, 0) is 31.0 Å². The van der Waals surface area contributed by atoms with Gasteiger partial charge in [0.15, 0.2) is 0 Å². The minimum atomic E-state index is -0.121. The number of hydrogen-bond acceptors (Lipinski definition) is 6. The predicted octanol–water partition coefficient (Wildman–Crippen LogP) is 3.32. The number of benzene rings is 1. The number of carbonyl (C=O) groups excluding carboxylic acids is 2. The number of pyridine rings is 1. The van der Waals surface area contributed by atoms with Gasteiger partial charge in [-0.3, -0.25) is 9.59 Å². The molecule has 2 heterocycles. The fraction of sp³-hybridized carbons (Fsp3) is 0.560. The van der Waals surface area contributed by atoms with Crippen LogP contribution in [-0.4, -0.2) is 74.5 Å². The first kappa shape index (κ1) is 24.6. The maximum Gasteiger partial charge on any atom is 0.225 e. The fourth-order valence-electron chi connectivity index (χ4n) is 4.32. The number of anilines is 1. The first-order valence-electron chi connectivity index (χ1n) is 11.5. The fourth-order valence-corrected chi connectivity index (χ4v) is 4.32. The second-order valence-corrected chi connectivity index (χ2v) is 8.98. The van der Waals surface area contributed by atoms with Crippen molar-refractivity contribution in [1.29, 1.82) is 0 Å². The molecule has 3 rings (SSSR count). The van der Waals surface area contributed by atoms with Crippen LogP contribution in [0.1, 0.15) is 38.7 Å². The third-order valence-electron chi connectivity index (χ3n) is 6.02. The van der Waals surface area contributed by atoms with Crippen LogP contribution < -0.4 is 14.4 Å². The van der Waals surface area contributed by atoms with Crippen molar-refractivity contribution >= 4 is 28.5 Å². The van der Waals surface area contributed by atoms with Gasteiger partial charge in [0.25, 0.3) is 0 Å². The Bertz CT molecular complexity index is 1010. The van der Waals surface area contributed by atoms with E-state index in [0.717, 1.165) is 41.7 Å². The van der Waals surface area contributed by atoms with Crippen molar-refractivity contribution in [2.24, 2.45) is 5.92 Å². The van der Waals surface area contributed by atoms with Crippen molar-refractivity contribution in [2.45, 2.75) is 39.7 Å². The van der Waals surface area contributed by atoms with Gasteiger partial charge >= 0.3 is 0 Å². The maximum absolute atomic E-state index is 13.1. The lowest BCUT2D eigenvalue weighted by molar-refractivity contribution is -0.135. The van der Waals surface area contributed by atoms with Crippen LogP contribution in [0.4, 0.5) is 5.82 Å². The summed E-state index contributed by atoms with van der Waals surface area (Å²) in [5, 5.41) is 0.844. The molecule has 1 aliphatic heterocycles. The predicted molar refractivity (Wildman–Crippen MR) is 130 cm³/mol. The van der Waals surface area contributed by atoms with E-state index in [9.17, 15) is 9.59 Å². The second kappa shape index (κ2) is 10.7. The van der Waals surface area contributed by atoms with Crippen LogP contribution in [0.25, 0.3) is 10.9 Å². The lowest BCUT2D eigenvalue weighted by atomic mass is 10.1. The molecular formula is C25H36N4O4. The molecule has 0 bridgehead atoms. The Labute approximate surface area is 196 Å². The molecule has 2 amide bonds. The van der Waals surface area contributed by atoms with Crippen LogP contribution in [0.5, 0.6) is 11.5 Å². The molecule has 0 saturated carbocycles. The number of rotatable bonds is 10. The molecule has 0 N–H and O–H groups in total. The van der Waals surface area contributed by atoms with E-state index >= 15 is 0 Å². The van der Waals surface area contributed by atoms with Gasteiger partial charge in [-0.2, -0.15) is 0 Å². The molecule has 2 aromatic rings. The summed E-state index contributed by atoms with van der Waals surface area (Å²) in [6.07, 6.45) is 2.31. The third kappa shape index (κ3) is 5.49. The SMILES string of the molecule is COc1ccc(OC)c2nc(N(C)C)c(CN(CCCN3CCCC3=O)C(=O)C(C)C)cc12. The first-order chi connectivity index (χ1) is 15.8. The van der Waals surface area contributed by atoms with Gasteiger partial charge in [0, 0.05) is 63.6 Å². The number of fused-ring (bicyclic) bond motifs is 1. The smallest absolute Gasteiger partial charge is 0.225 e. The maximum atomic E-state index is 13.1. The lowest BCUT2D eigenvalue weighted by Gasteiger charge is -2.28. The van der Waals surface area contributed by atoms with E-state index in [0.29, 0.717) is 37.6 Å². The summed E-state index contributed by atoms with van der Waals surface area (Å²) < 4.78 is 11.1. The van der Waals surface area contributed by atoms with Crippen LogP contribution in [-0.2, 0) is 16.1 Å². The molecule has 0 unspecified atom stereocenters. The Morgan fingerprint density at radius 2 is 1.88 bits per heavy atom. The van der Waals surface area contributed by atoms with E-state index in [1.165, 1.54) is 0 Å². The molecule has 8 heteroatoms. The Balaban J connectivity index is 1.93. The molecular weight excluding hydrogens is 420 g/mol. The number of methoxy groups -OCH3 is 2. The number of aromatic nitrogens is 1. The highest BCUT2D eigenvalue weighted by molar-refractivity contribution is 5.92. The Morgan fingerprint density at radius 1 is 1.18 bits per heavy atom. The summed E-state index contributed by atoms with van der Waals surface area (Å²) in [7, 11) is 7.14. The van der Waals surface area contributed by atoms with Gasteiger partial charge in [-0.1, -0.05) is 13.8 Å². The van der Waals surface area contributed by atoms with Gasteiger partial charge in [-0.15, -0.1) is 0 Å². The van der Waals surface area contributed by atoms with Crippen LogP contribution >= 0.6 is 0 Å². The summed E-state index contributed by atoms with van der Waals surface area (Å²) in [5.74, 6) is 2.34. The van der Waals surface area contributed by atoms with Crippen molar-refractivity contribution in [1.82, 2.24) is 14.8 Å². The number of hydrogen-bond donors (Lipinski definition) is 0. The van der Waals surface area contributed by atoms with Gasteiger partial charge < -0.3 is 24.2 Å². The molecule has 1 fully saturated rings. The number of nitrogens with zero attached hydrogens (tertiary/aromatic N) is 4. The molecule has 0 radical (unpaired) electrons. The first-order valence-corrected chi connectivity index (χ1v) is 11.5. The highest BCUT2D eigenvalue weighted by Gasteiger charge is 2.23. The van der Waals surface area contributed by atoms with Crippen molar-refractivity contribution in [3.63, 3.8) is 0 Å². The van der Waals surface area contributed by atoms with E-state index < -0.39 is 0 Å². The van der Waals surface area contributed by atoms with Gasteiger partial charge in [0.2, 0.25) is 11.8 Å². The Kier molecular flexibility index (Phi) is 8.00. The highest BCUT2D eigenvalue weighted by Crippen LogP contribution is 2.35. The van der Waals surface area contributed by atoms with E-state index in [2.05, 4.69) is 0 Å². The Hall–Kier alpha value is -3.03. The Morgan fingerprint density at radius 3 is 2.45 bits per heavy atom. The summed E-state index contributed by atoms with van der Waals surface area (Å²) in [6.45, 7) is 6.35. The zero-order valence-electron chi connectivity index (χ0n) is 20.7. The summed E-state index contributed by atoms with van der Waals surface area (Å²) >= 11 is 0. The lowest BCUT2D eigenvalue weighted by Crippen LogP contribution is -2.37. The highest BCUT2D eigenvalue weighted by atomic mass is 16.5. The quantitative estimate of drug-likeness (QED) is 0.546. The normalized spacial score (nSPS) is 13.7. The van der Waals surface area contributed by atoms with Crippen molar-refractivity contribution in [2.75, 3.05) is 52.8 Å². The van der Waals surface area contributed by atoms with Crippen molar-refractivity contribution in [3.8, 4) is 11.5 Å². The van der Waals surface area contributed by atoms with Crippen LogP contribution in [0.3, 0.4) is 0 Å². The van der Waals surface area contributed by atoms with Crippen molar-refractivity contribution in [3.05, 3.63) is 23.8 Å². The molecule has 1 aliphatic rings. The van der Waals surface area contributed by atoms with Gasteiger partial charge in [0.1, 0.15) is 22.8 Å². The van der Waals surface area contributed by atoms with Crippen LogP contribution in [0.2, 0.25) is 0 Å². The molecule has 1 aromatic heterocycles. The molecule has 0 atom stereocenters. The summed E-state index contributed by atoms with van der Waals surface area (Å²) in [5.41, 5.74) is 1.66. The third-order valence-corrected chi connectivity index (χ3v) is 6.02. The zero-order chi connectivity index (χ0) is 24.1. The average Bonchev–Trinajstić information content (AvgIpc) is 3.20. The standard InChI is InChI=1S/C25H36N4O4/c1-17(2)25(31)29(14-8-13-28-12-7-9-22(28)30)16-18-15-19-20(32-5)10-11-21(33-6)23(19)26-24(18)27(3)4/h10-11,15,17H,7-9,12-14,16H2,1-6H3. The molecule has 180 valence electrons. The molecule has 0 aliphatic carbocycles. The van der Waals surface area contributed by atoms with E-state index in [1.54, 1.807) is 14.2 Å². The minimum absolute atomic E-state index is 0.0881. The molecule has 0 spiro atoms. The molecule has 1 aromatic carbocycles. The van der Waals surface area contributed by atoms with Crippen molar-refractivity contribution < 1.29 is 19.1 Å². The number of carbonyl (C=O) groups is 2. The van der Waals surface area contributed by atoms with Gasteiger partial charge in [-0.25, -0.2) is 4.98 Å². The number of likely N-dealkylation sites (tertiary alicyclic amines) is 1. The topological polar surface area (TPSA) is 75.2 Å². The number of ether oxygens (including phenoxy) is 2. The van der Waals surface area contributed by atoms with E-state index in [1.807, 2.05) is 60.8 Å². The zero-order valence-corrected chi connectivity index (χ0v) is 20.7. The largest absolute Gasteiger partial charge is 0.496 e. The van der Waals surface area contributed by atoms with Gasteiger partial charge in [0.05, 0.1) is 14.2 Å². The molecule has 33 heavy (non-hydrogen) atoms. The average molecular weight is 457 g/mol. The summed E-state index contributed by atoms with van der Waals surface area (Å²) in [4.78, 5) is 35.7. The second-order valence-electron chi connectivity index (χ2n) is 8.98. The van der Waals surface area contributed by atoms with E-state index in [4.69, 9.17) is 14.5 Å². The monoisotopic (exact) mass is 456 g/mol. The number of amides is 2. The molecule has 8 nitrogen and oxygen atoms in total. The summed E-state index contributed by atoms with van der Waals surface area (Å²) in [6, 6.07) is 5.76.